The van der Waals surface area contributed by atoms with Gasteiger partial charge in [-0.05, 0) is 66.9 Å². The molecule has 0 atom stereocenters. The molecule has 0 fully saturated rings. The lowest BCUT2D eigenvalue weighted by molar-refractivity contribution is -0.140. The molecule has 0 saturated heterocycles. The molecule has 3 aromatic rings. The van der Waals surface area contributed by atoms with E-state index in [0.717, 1.165) is 11.3 Å². The molecule has 10 heteroatoms. The lowest BCUT2D eigenvalue weighted by Gasteiger charge is -2.07. The van der Waals surface area contributed by atoms with Crippen LogP contribution in [0, 0.1) is 0 Å². The molecular formula is C28H30N2O8. The second-order valence-corrected chi connectivity index (χ2v) is 8.02. The molecule has 3 rings (SSSR count). The van der Waals surface area contributed by atoms with Gasteiger partial charge in [-0.1, -0.05) is 30.3 Å². The highest BCUT2D eigenvalue weighted by molar-refractivity contribution is 6.01. The summed E-state index contributed by atoms with van der Waals surface area (Å²) in [5, 5.41) is 30.9. The number of carboxylic acid groups (broad SMARTS) is 2. The van der Waals surface area contributed by atoms with Gasteiger partial charge in [-0.15, -0.1) is 0 Å². The number of aliphatic hydroxyl groups is 1. The molecule has 0 unspecified atom stereocenters. The maximum Gasteiger partial charge on any atom is 0.312 e. The third kappa shape index (κ3) is 12.3. The zero-order chi connectivity index (χ0) is 27.8. The number of aliphatic carboxylic acids is 2. The summed E-state index contributed by atoms with van der Waals surface area (Å²) in [7, 11) is 0. The monoisotopic (exact) mass is 522 g/mol. The van der Waals surface area contributed by atoms with Crippen molar-refractivity contribution in [3.8, 4) is 11.5 Å². The summed E-state index contributed by atoms with van der Waals surface area (Å²) in [5.74, 6) is -1.45. The summed E-state index contributed by atoms with van der Waals surface area (Å²) >= 11 is 0. The fourth-order valence-electron chi connectivity index (χ4n) is 3.08. The first-order chi connectivity index (χ1) is 18.2. The van der Waals surface area contributed by atoms with Crippen molar-refractivity contribution in [2.75, 3.05) is 17.2 Å². The summed E-state index contributed by atoms with van der Waals surface area (Å²) < 4.78 is 5.60. The van der Waals surface area contributed by atoms with Crippen molar-refractivity contribution in [1.82, 2.24) is 0 Å². The molecule has 0 aliphatic carbocycles. The van der Waals surface area contributed by atoms with E-state index in [1.54, 1.807) is 36.4 Å². The van der Waals surface area contributed by atoms with Crippen LogP contribution in [-0.2, 0) is 25.6 Å². The predicted molar refractivity (Wildman–Crippen MR) is 141 cm³/mol. The van der Waals surface area contributed by atoms with E-state index in [4.69, 9.17) is 20.1 Å². The molecule has 5 N–H and O–H groups in total. The second-order valence-electron chi connectivity index (χ2n) is 8.02. The van der Waals surface area contributed by atoms with E-state index >= 15 is 0 Å². The SMILES string of the molecule is O=C(O)CC(=O)Nc1ccc(Oc2ccccc2)cc1.O=C(O)CCCC(=O)Nc1ccc(CCO)cc1. The third-order valence-electron chi connectivity index (χ3n) is 4.86. The fourth-order valence-corrected chi connectivity index (χ4v) is 3.08. The third-order valence-corrected chi connectivity index (χ3v) is 4.86. The van der Waals surface area contributed by atoms with Gasteiger partial charge < -0.3 is 30.7 Å². The molecule has 0 saturated carbocycles. The second kappa shape index (κ2) is 16.1. The van der Waals surface area contributed by atoms with Crippen LogP contribution >= 0.6 is 0 Å². The fraction of sp³-hybridized carbons (Fsp3) is 0.214. The van der Waals surface area contributed by atoms with Gasteiger partial charge in [0.25, 0.3) is 0 Å². The Morgan fingerprint density at radius 2 is 1.21 bits per heavy atom. The molecule has 0 heterocycles. The molecule has 38 heavy (non-hydrogen) atoms. The largest absolute Gasteiger partial charge is 0.481 e. The number of hydrogen-bond acceptors (Lipinski definition) is 6. The van der Waals surface area contributed by atoms with Crippen LogP contribution in [0.3, 0.4) is 0 Å². The number of amides is 2. The number of nitrogens with one attached hydrogen (secondary N) is 2. The van der Waals surface area contributed by atoms with Gasteiger partial charge in [-0.3, -0.25) is 19.2 Å². The summed E-state index contributed by atoms with van der Waals surface area (Å²) in [6.07, 6.45) is 0.576. The number of aliphatic hydroxyl groups excluding tert-OH is 1. The summed E-state index contributed by atoms with van der Waals surface area (Å²) in [6, 6.07) is 23.2. The van der Waals surface area contributed by atoms with E-state index < -0.39 is 24.3 Å². The van der Waals surface area contributed by atoms with Gasteiger partial charge in [-0.25, -0.2) is 0 Å². The van der Waals surface area contributed by atoms with Gasteiger partial charge >= 0.3 is 11.9 Å². The van der Waals surface area contributed by atoms with Crippen LogP contribution < -0.4 is 15.4 Å². The molecule has 0 aliphatic rings. The highest BCUT2D eigenvalue weighted by Gasteiger charge is 2.08. The highest BCUT2D eigenvalue weighted by atomic mass is 16.5. The Morgan fingerprint density at radius 3 is 1.76 bits per heavy atom. The number of carbonyl (C=O) groups is 4. The number of carbonyl (C=O) groups excluding carboxylic acids is 2. The standard InChI is InChI=1S/C15H13NO4.C13H17NO4/c17-14(10-15(18)19)16-11-6-8-13(9-7-11)20-12-4-2-1-3-5-12;15-9-8-10-4-6-11(7-5-10)14-12(16)2-1-3-13(17)18/h1-9H,10H2,(H,16,17)(H,18,19);4-7,15H,1-3,8-9H2,(H,14,16)(H,17,18). The van der Waals surface area contributed by atoms with Crippen LogP contribution in [0.4, 0.5) is 11.4 Å². The molecule has 3 aromatic carbocycles. The summed E-state index contributed by atoms with van der Waals surface area (Å²) in [5.41, 5.74) is 2.20. The van der Waals surface area contributed by atoms with Gasteiger partial charge in [0.2, 0.25) is 11.8 Å². The first kappa shape index (κ1) is 29.5. The number of carboxylic acids is 2. The number of hydrogen-bond donors (Lipinski definition) is 5. The number of ether oxygens (including phenoxy) is 1. The van der Waals surface area contributed by atoms with Crippen molar-refractivity contribution in [3.05, 3.63) is 84.4 Å². The van der Waals surface area contributed by atoms with E-state index in [1.807, 2.05) is 42.5 Å². The Kier molecular flexibility index (Phi) is 12.5. The Hall–Kier alpha value is -4.70. The van der Waals surface area contributed by atoms with Gasteiger partial charge in [0.05, 0.1) is 0 Å². The molecule has 0 radical (unpaired) electrons. The number of anilines is 2. The van der Waals surface area contributed by atoms with Crippen LogP contribution in [0.5, 0.6) is 11.5 Å². The van der Waals surface area contributed by atoms with Crippen molar-refractivity contribution >= 4 is 35.1 Å². The van der Waals surface area contributed by atoms with Crippen LogP contribution in [0.2, 0.25) is 0 Å². The van der Waals surface area contributed by atoms with E-state index in [9.17, 15) is 19.2 Å². The van der Waals surface area contributed by atoms with Gasteiger partial charge in [0, 0.05) is 30.8 Å². The normalized spacial score (nSPS) is 9.92. The first-order valence-corrected chi connectivity index (χ1v) is 11.8. The molecule has 200 valence electrons. The van der Waals surface area contributed by atoms with E-state index in [2.05, 4.69) is 10.6 Å². The Bertz CT molecular complexity index is 1180. The smallest absolute Gasteiger partial charge is 0.312 e. The van der Waals surface area contributed by atoms with Crippen molar-refractivity contribution in [2.24, 2.45) is 0 Å². The van der Waals surface area contributed by atoms with Crippen LogP contribution in [0.25, 0.3) is 0 Å². The Labute approximate surface area is 219 Å². The topological polar surface area (TPSA) is 162 Å². The molecule has 10 nitrogen and oxygen atoms in total. The lowest BCUT2D eigenvalue weighted by Crippen LogP contribution is -2.15. The minimum Gasteiger partial charge on any atom is -0.481 e. The van der Waals surface area contributed by atoms with E-state index in [1.165, 1.54) is 0 Å². The molecule has 0 aromatic heterocycles. The van der Waals surface area contributed by atoms with Gasteiger partial charge in [0.1, 0.15) is 17.9 Å². The minimum absolute atomic E-state index is 0.00284. The molecule has 0 aliphatic heterocycles. The van der Waals surface area contributed by atoms with Crippen molar-refractivity contribution in [1.29, 1.82) is 0 Å². The van der Waals surface area contributed by atoms with Gasteiger partial charge in [-0.2, -0.15) is 0 Å². The molecular weight excluding hydrogens is 492 g/mol. The average molecular weight is 523 g/mol. The maximum absolute atomic E-state index is 11.5. The Balaban J connectivity index is 0.000000269. The average Bonchev–Trinajstić information content (AvgIpc) is 2.87. The predicted octanol–water partition coefficient (Wildman–Crippen LogP) is 4.31. The molecule has 2 amide bonds. The quantitative estimate of drug-likeness (QED) is 0.220. The highest BCUT2D eigenvalue weighted by Crippen LogP contribution is 2.22. The van der Waals surface area contributed by atoms with Crippen molar-refractivity contribution in [2.45, 2.75) is 32.1 Å². The first-order valence-electron chi connectivity index (χ1n) is 11.8. The lowest BCUT2D eigenvalue weighted by atomic mass is 10.1. The number of rotatable bonds is 12. The van der Waals surface area contributed by atoms with Crippen molar-refractivity contribution in [3.63, 3.8) is 0 Å². The molecule has 0 bridgehead atoms. The minimum atomic E-state index is -1.16. The zero-order valence-corrected chi connectivity index (χ0v) is 20.6. The van der Waals surface area contributed by atoms with Crippen LogP contribution in [-0.4, -0.2) is 45.7 Å². The van der Waals surface area contributed by atoms with Gasteiger partial charge in [0.15, 0.2) is 0 Å². The van der Waals surface area contributed by atoms with E-state index in [-0.39, 0.29) is 25.4 Å². The maximum atomic E-state index is 11.5. The summed E-state index contributed by atoms with van der Waals surface area (Å²) in [6.45, 7) is 0.0981. The van der Waals surface area contributed by atoms with Crippen molar-refractivity contribution < 1.29 is 39.2 Å². The van der Waals surface area contributed by atoms with E-state index in [0.29, 0.717) is 30.0 Å². The Morgan fingerprint density at radius 1 is 0.658 bits per heavy atom. The summed E-state index contributed by atoms with van der Waals surface area (Å²) in [4.78, 5) is 43.4. The zero-order valence-electron chi connectivity index (χ0n) is 20.6. The van der Waals surface area contributed by atoms with Crippen LogP contribution in [0.15, 0.2) is 78.9 Å². The number of benzene rings is 3. The number of para-hydroxylation sites is 1. The molecule has 0 spiro atoms. The van der Waals surface area contributed by atoms with Crippen LogP contribution in [0.1, 0.15) is 31.2 Å².